The number of rotatable bonds is 9. The fourth-order valence-electron chi connectivity index (χ4n) is 8.07. The van der Waals surface area contributed by atoms with Crippen molar-refractivity contribution in [3.8, 4) is 22.3 Å². The molecule has 2 aromatic heterocycles. The van der Waals surface area contributed by atoms with Crippen LogP contribution in [0.5, 0.6) is 0 Å². The summed E-state index contributed by atoms with van der Waals surface area (Å²) in [5, 5.41) is 8.34. The van der Waals surface area contributed by atoms with Gasteiger partial charge in [-0.05, 0) is 86.8 Å². The Labute approximate surface area is 357 Å². The molecule has 318 valence electrons. The number of nitrogens with two attached hydrogens (primary N) is 2. The molecule has 2 aliphatic rings. The molecule has 61 heavy (non-hydrogen) atoms. The quantitative estimate of drug-likeness (QED) is 0.109. The number of benzene rings is 4. The first kappa shape index (κ1) is 42.8. The van der Waals surface area contributed by atoms with E-state index < -0.39 is 0 Å². The fraction of sp³-hybridized carbons (Fsp3) is 0.347. The van der Waals surface area contributed by atoms with E-state index in [2.05, 4.69) is 30.1 Å². The average molecular weight is 827 g/mol. The molecule has 0 amide bonds. The molecule has 0 spiro atoms. The van der Waals surface area contributed by atoms with E-state index in [-0.39, 0.29) is 23.5 Å². The third kappa shape index (κ3) is 10.2. The summed E-state index contributed by atoms with van der Waals surface area (Å²) >= 11 is 0. The first-order chi connectivity index (χ1) is 29.6. The molecule has 0 aliphatic carbocycles. The minimum atomic E-state index is -0.254. The van der Waals surface area contributed by atoms with Gasteiger partial charge in [0.2, 0.25) is 5.82 Å². The van der Waals surface area contributed by atoms with Crippen molar-refractivity contribution in [3.05, 3.63) is 148 Å². The molecule has 2 saturated heterocycles. The first-order valence-electron chi connectivity index (χ1n) is 21.3. The van der Waals surface area contributed by atoms with E-state index in [1.54, 1.807) is 12.1 Å². The van der Waals surface area contributed by atoms with E-state index in [4.69, 9.17) is 20.5 Å². The van der Waals surface area contributed by atoms with E-state index >= 15 is 0 Å². The van der Waals surface area contributed by atoms with Crippen LogP contribution in [0.1, 0.15) is 104 Å². The topological polar surface area (TPSA) is 135 Å². The van der Waals surface area contributed by atoms with Gasteiger partial charge in [0, 0.05) is 60.3 Å². The third-order valence-electron chi connectivity index (χ3n) is 11.9. The first-order valence-corrected chi connectivity index (χ1v) is 21.3. The van der Waals surface area contributed by atoms with Crippen molar-refractivity contribution in [3.63, 3.8) is 0 Å². The third-order valence-corrected chi connectivity index (χ3v) is 11.9. The summed E-state index contributed by atoms with van der Waals surface area (Å²) in [4.78, 5) is 13.2. The van der Waals surface area contributed by atoms with Gasteiger partial charge in [0.1, 0.15) is 28.8 Å². The molecule has 0 radical (unpaired) electrons. The number of aromatic nitrogens is 2. The van der Waals surface area contributed by atoms with E-state index in [0.29, 0.717) is 41.2 Å². The van der Waals surface area contributed by atoms with Crippen LogP contribution in [0.4, 0.5) is 14.6 Å². The molecular weight excluding hydrogens is 771 g/mol. The van der Waals surface area contributed by atoms with Crippen LogP contribution in [-0.2, 0) is 6.54 Å². The number of piperidine rings is 2. The lowest BCUT2D eigenvalue weighted by Gasteiger charge is -2.27. The van der Waals surface area contributed by atoms with Crippen LogP contribution in [0.2, 0.25) is 0 Å². The minimum absolute atomic E-state index is 0.121. The van der Waals surface area contributed by atoms with Crippen LogP contribution in [0, 0.1) is 25.5 Å². The number of aliphatic imine (C=N–C) groups is 2. The Kier molecular flexibility index (Phi) is 13.9. The number of likely N-dealkylation sites (tertiary alicyclic amines) is 2. The van der Waals surface area contributed by atoms with E-state index in [1.807, 2.05) is 113 Å². The van der Waals surface area contributed by atoms with Crippen molar-refractivity contribution in [2.45, 2.75) is 84.6 Å². The average Bonchev–Trinajstić information content (AvgIpc) is 3.86. The lowest BCUT2D eigenvalue weighted by Crippen LogP contribution is -2.40. The Morgan fingerprint density at radius 1 is 0.623 bits per heavy atom. The molecule has 2 aliphatic heterocycles. The zero-order valence-electron chi connectivity index (χ0n) is 35.6. The van der Waals surface area contributed by atoms with Crippen molar-refractivity contribution in [1.29, 1.82) is 0 Å². The molecule has 4 N–H and O–H groups in total. The Hall–Kier alpha value is -6.30. The van der Waals surface area contributed by atoms with Crippen LogP contribution >= 0.6 is 0 Å². The molecule has 6 aromatic rings. The molecule has 8 rings (SSSR count). The largest absolute Gasteiger partial charge is 0.370 e. The van der Waals surface area contributed by atoms with Gasteiger partial charge in [-0.15, -0.1) is 0 Å². The van der Waals surface area contributed by atoms with Crippen LogP contribution in [0.15, 0.2) is 116 Å². The van der Waals surface area contributed by atoms with Crippen molar-refractivity contribution < 1.29 is 17.8 Å². The molecule has 4 aromatic carbocycles. The van der Waals surface area contributed by atoms with E-state index in [1.165, 1.54) is 12.8 Å². The standard InChI is InChI=1S/C25H29FN4O.C24H27FN4O/c1-17(20-11-12-21(22(26)15-20)19-9-5-3-6-10-19)24-18(2)23(29-31-24)16-28-25(27)30-13-7-4-8-14-30;1-16(19-11-12-20(21(25)15-19)18-9-5-3-6-10-18)22-17(2)23(28-30-22)27-24(26)29-13-7-4-8-14-29/h3,5-6,9-12,15,17H,4,7-8,13-14,16H2,1-2H3,(H2,27,28);3,5-6,9-12,15-16H,4,7-8,13-14H2,1-2H3,(H2,26,27,28). The SMILES string of the molecule is Cc1c(CN=C(N)N2CCCCC2)noc1C(C)c1ccc(-c2ccccc2)c(F)c1.Cc1c(N=C(N)N2CCCCC2)noc1C(C)c1ccc(-c2ccccc2)c(F)c1. The maximum absolute atomic E-state index is 14.8. The highest BCUT2D eigenvalue weighted by atomic mass is 19.1. The summed E-state index contributed by atoms with van der Waals surface area (Å²) in [6.07, 6.45) is 7.04. The Balaban J connectivity index is 0.000000184. The molecule has 0 bridgehead atoms. The fourth-order valence-corrected chi connectivity index (χ4v) is 8.07. The number of halogens is 2. The lowest BCUT2D eigenvalue weighted by atomic mass is 9.93. The highest BCUT2D eigenvalue weighted by Crippen LogP contribution is 2.35. The summed E-state index contributed by atoms with van der Waals surface area (Å²) in [6.45, 7) is 12.0. The Morgan fingerprint density at radius 3 is 1.57 bits per heavy atom. The van der Waals surface area contributed by atoms with Gasteiger partial charge in [0.25, 0.3) is 0 Å². The zero-order chi connectivity index (χ0) is 42.9. The van der Waals surface area contributed by atoms with Crippen molar-refractivity contribution in [2.24, 2.45) is 21.5 Å². The Bertz CT molecular complexity index is 2430. The van der Waals surface area contributed by atoms with Gasteiger partial charge in [-0.2, -0.15) is 4.99 Å². The number of hydrogen-bond donors (Lipinski definition) is 2. The molecule has 4 heterocycles. The molecule has 0 saturated carbocycles. The van der Waals surface area contributed by atoms with Gasteiger partial charge in [-0.1, -0.05) is 109 Å². The molecule has 2 unspecified atom stereocenters. The minimum Gasteiger partial charge on any atom is -0.370 e. The predicted molar refractivity (Wildman–Crippen MR) is 239 cm³/mol. The molecule has 10 nitrogen and oxygen atoms in total. The summed E-state index contributed by atoms with van der Waals surface area (Å²) in [5.74, 6) is 2.16. The van der Waals surface area contributed by atoms with Crippen LogP contribution in [0.3, 0.4) is 0 Å². The number of nitrogens with zero attached hydrogens (tertiary/aromatic N) is 6. The normalized spacial score (nSPS) is 15.9. The molecule has 2 atom stereocenters. The van der Waals surface area contributed by atoms with Crippen molar-refractivity contribution >= 4 is 17.7 Å². The maximum atomic E-state index is 14.8. The monoisotopic (exact) mass is 826 g/mol. The number of hydrogen-bond acceptors (Lipinski definition) is 6. The van der Waals surface area contributed by atoms with Crippen molar-refractivity contribution in [2.75, 3.05) is 26.2 Å². The summed E-state index contributed by atoms with van der Waals surface area (Å²) in [6, 6.07) is 29.8. The van der Waals surface area contributed by atoms with E-state index in [9.17, 15) is 8.78 Å². The second-order valence-corrected chi connectivity index (χ2v) is 16.0. The van der Waals surface area contributed by atoms with E-state index in [0.717, 1.165) is 96.7 Å². The van der Waals surface area contributed by atoms with Crippen LogP contribution in [-0.4, -0.2) is 58.2 Å². The Morgan fingerprint density at radius 2 is 1.08 bits per heavy atom. The van der Waals surface area contributed by atoms with Crippen LogP contribution < -0.4 is 11.5 Å². The van der Waals surface area contributed by atoms with Gasteiger partial charge < -0.3 is 30.3 Å². The molecular formula is C49H56F2N8O2. The van der Waals surface area contributed by atoms with Crippen LogP contribution in [0.25, 0.3) is 22.3 Å². The lowest BCUT2D eigenvalue weighted by molar-refractivity contribution is 0.337. The zero-order valence-corrected chi connectivity index (χ0v) is 35.6. The smallest absolute Gasteiger partial charge is 0.201 e. The van der Waals surface area contributed by atoms with Gasteiger partial charge >= 0.3 is 0 Å². The number of guanidine groups is 2. The molecule has 12 heteroatoms. The second kappa shape index (κ2) is 19.8. The highest BCUT2D eigenvalue weighted by molar-refractivity contribution is 5.81. The maximum Gasteiger partial charge on any atom is 0.201 e. The summed E-state index contributed by atoms with van der Waals surface area (Å²) in [7, 11) is 0. The molecule has 2 fully saturated rings. The van der Waals surface area contributed by atoms with Gasteiger partial charge in [-0.3, -0.25) is 0 Å². The highest BCUT2D eigenvalue weighted by Gasteiger charge is 2.23. The van der Waals surface area contributed by atoms with Gasteiger partial charge in [-0.25, -0.2) is 13.8 Å². The van der Waals surface area contributed by atoms with Crippen molar-refractivity contribution in [1.82, 2.24) is 20.1 Å². The summed E-state index contributed by atoms with van der Waals surface area (Å²) in [5.41, 5.74) is 19.4. The van der Waals surface area contributed by atoms with Gasteiger partial charge in [0.15, 0.2) is 11.9 Å². The predicted octanol–water partition coefficient (Wildman–Crippen LogP) is 10.6. The van der Waals surface area contributed by atoms with Gasteiger partial charge in [0.05, 0.1) is 6.54 Å². The summed E-state index contributed by atoms with van der Waals surface area (Å²) < 4.78 is 40.9. The second-order valence-electron chi connectivity index (χ2n) is 16.0.